The lowest BCUT2D eigenvalue weighted by Gasteiger charge is -2.15. The molecule has 16 heavy (non-hydrogen) atoms. The van der Waals surface area contributed by atoms with Gasteiger partial charge in [0.2, 0.25) is 0 Å². The van der Waals surface area contributed by atoms with E-state index in [0.29, 0.717) is 6.29 Å². The van der Waals surface area contributed by atoms with Crippen LogP contribution in [0.3, 0.4) is 0 Å². The number of rotatable bonds is 5. The number of carbonyl (C=O) groups excluding carboxylic acids is 1. The summed E-state index contributed by atoms with van der Waals surface area (Å²) in [5, 5.41) is 0. The molecule has 0 aliphatic rings. The molecule has 1 rings (SSSR count). The molecule has 0 radical (unpaired) electrons. The van der Waals surface area contributed by atoms with Crippen LogP contribution in [0.5, 0.6) is 0 Å². The topological polar surface area (TPSA) is 81.5 Å². The molecule has 1 heterocycles. The molecule has 0 aliphatic carbocycles. The van der Waals surface area contributed by atoms with Crippen molar-refractivity contribution in [2.45, 2.75) is 6.61 Å². The van der Waals surface area contributed by atoms with Crippen LogP contribution < -0.4 is 0 Å². The number of nitrogens with zero attached hydrogens (tertiary/aromatic N) is 3. The van der Waals surface area contributed by atoms with Crippen LogP contribution >= 0.6 is 0 Å². The highest BCUT2D eigenvalue weighted by Gasteiger charge is 2.23. The Hall–Kier alpha value is -1.25. The van der Waals surface area contributed by atoms with Gasteiger partial charge >= 0.3 is 10.2 Å². The van der Waals surface area contributed by atoms with Crippen molar-refractivity contribution >= 4 is 16.5 Å². The Morgan fingerprint density at radius 2 is 2.19 bits per heavy atom. The second-order valence-corrected chi connectivity index (χ2v) is 5.20. The molecule has 0 N–H and O–H groups in total. The zero-order valence-electron chi connectivity index (χ0n) is 9.24. The van der Waals surface area contributed by atoms with Gasteiger partial charge in [0.05, 0.1) is 6.20 Å². The summed E-state index contributed by atoms with van der Waals surface area (Å²) in [6, 6.07) is 0. The maximum atomic E-state index is 11.9. The summed E-state index contributed by atoms with van der Waals surface area (Å²) in [6.07, 6.45) is 1.63. The van der Waals surface area contributed by atoms with Crippen LogP contribution in [-0.2, 0) is 21.6 Å². The van der Waals surface area contributed by atoms with E-state index in [2.05, 4.69) is 4.98 Å². The van der Waals surface area contributed by atoms with Crippen molar-refractivity contribution in [3.8, 4) is 0 Å². The van der Waals surface area contributed by atoms with Gasteiger partial charge in [-0.1, -0.05) is 0 Å². The predicted octanol–water partition coefficient (Wildman–Crippen LogP) is -0.503. The van der Waals surface area contributed by atoms with Crippen molar-refractivity contribution in [1.29, 1.82) is 0 Å². The molecule has 0 saturated heterocycles. The maximum absolute atomic E-state index is 11.9. The number of aldehydes is 1. The molecular formula is C8H13N3O4S. The van der Waals surface area contributed by atoms with E-state index in [-0.39, 0.29) is 18.1 Å². The Labute approximate surface area is 93.8 Å². The normalized spacial score (nSPS) is 12.0. The van der Waals surface area contributed by atoms with Crippen molar-refractivity contribution in [2.75, 3.05) is 21.2 Å². The summed E-state index contributed by atoms with van der Waals surface area (Å²) < 4.78 is 30.5. The van der Waals surface area contributed by atoms with Gasteiger partial charge in [0.1, 0.15) is 12.3 Å². The molecule has 90 valence electrons. The van der Waals surface area contributed by atoms with Gasteiger partial charge in [-0.25, -0.2) is 8.96 Å². The smallest absolute Gasteiger partial charge is 0.309 e. The number of carbonyl (C=O) groups is 1. The molecule has 0 atom stereocenters. The van der Waals surface area contributed by atoms with Gasteiger partial charge in [0.15, 0.2) is 12.1 Å². The van der Waals surface area contributed by atoms with E-state index in [4.69, 9.17) is 4.74 Å². The fourth-order valence-corrected chi connectivity index (χ4v) is 2.18. The molecule has 0 unspecified atom stereocenters. The van der Waals surface area contributed by atoms with Crippen molar-refractivity contribution < 1.29 is 17.9 Å². The number of aromatic nitrogens is 2. The summed E-state index contributed by atoms with van der Waals surface area (Å²) in [5.74, 6) is 0.165. The second-order valence-electron chi connectivity index (χ2n) is 3.20. The molecular weight excluding hydrogens is 234 g/mol. The summed E-state index contributed by atoms with van der Waals surface area (Å²) in [7, 11) is 0.417. The van der Waals surface area contributed by atoms with Crippen LogP contribution in [0.25, 0.3) is 0 Å². The van der Waals surface area contributed by atoms with Gasteiger partial charge in [0, 0.05) is 21.2 Å². The maximum Gasteiger partial charge on any atom is 0.309 e. The van der Waals surface area contributed by atoms with Gasteiger partial charge in [-0.3, -0.25) is 4.79 Å². The van der Waals surface area contributed by atoms with Gasteiger partial charge in [-0.2, -0.15) is 12.7 Å². The van der Waals surface area contributed by atoms with Crippen molar-refractivity contribution in [3.63, 3.8) is 0 Å². The third-order valence-corrected chi connectivity index (χ3v) is 3.71. The zero-order valence-corrected chi connectivity index (χ0v) is 10.1. The summed E-state index contributed by atoms with van der Waals surface area (Å²) in [6.45, 7) is 0.0148. The Balaban J connectivity index is 3.39. The van der Waals surface area contributed by atoms with E-state index < -0.39 is 10.2 Å². The predicted molar refractivity (Wildman–Crippen MR) is 56.3 cm³/mol. The molecule has 8 heteroatoms. The molecule has 0 saturated carbocycles. The number of hydrogen-bond donors (Lipinski definition) is 0. The van der Waals surface area contributed by atoms with Crippen LogP contribution in [-0.4, -0.2) is 49.2 Å². The van der Waals surface area contributed by atoms with Crippen LogP contribution in [0, 0.1) is 0 Å². The standard InChI is InChI=1S/C8H13N3O4S/c1-10(2)16(13,14)11-7(5-12)4-9-8(11)6-15-3/h4-5H,6H2,1-3H3. The molecule has 1 aromatic rings. The first kappa shape index (κ1) is 12.8. The largest absolute Gasteiger partial charge is 0.377 e. The van der Waals surface area contributed by atoms with E-state index in [1.165, 1.54) is 27.4 Å². The highest BCUT2D eigenvalue weighted by atomic mass is 32.2. The average molecular weight is 247 g/mol. The number of imidazole rings is 1. The summed E-state index contributed by atoms with van der Waals surface area (Å²) in [4.78, 5) is 14.6. The molecule has 0 aromatic carbocycles. The lowest BCUT2D eigenvalue weighted by molar-refractivity contribution is 0.111. The lowest BCUT2D eigenvalue weighted by atomic mass is 10.5. The fraction of sp³-hybridized carbons (Fsp3) is 0.500. The van der Waals surface area contributed by atoms with Crippen molar-refractivity contribution in [2.24, 2.45) is 0 Å². The first-order valence-electron chi connectivity index (χ1n) is 4.39. The molecule has 1 aromatic heterocycles. The first-order chi connectivity index (χ1) is 7.45. The molecule has 0 fully saturated rings. The quantitative estimate of drug-likeness (QED) is 0.655. The highest BCUT2D eigenvalue weighted by Crippen LogP contribution is 2.11. The Bertz CT molecular complexity index is 477. The van der Waals surface area contributed by atoms with E-state index in [9.17, 15) is 13.2 Å². The van der Waals surface area contributed by atoms with Crippen LogP contribution in [0.4, 0.5) is 0 Å². The van der Waals surface area contributed by atoms with E-state index in [0.717, 1.165) is 8.28 Å². The minimum atomic E-state index is -3.75. The van der Waals surface area contributed by atoms with E-state index in [1.807, 2.05) is 0 Å². The lowest BCUT2D eigenvalue weighted by Crippen LogP contribution is -2.31. The minimum Gasteiger partial charge on any atom is -0.377 e. The number of methoxy groups -OCH3 is 1. The third kappa shape index (κ3) is 2.13. The van der Waals surface area contributed by atoms with Crippen molar-refractivity contribution in [1.82, 2.24) is 13.3 Å². The van der Waals surface area contributed by atoms with Crippen LogP contribution in [0.1, 0.15) is 16.3 Å². The molecule has 0 spiro atoms. The molecule has 7 nitrogen and oxygen atoms in total. The summed E-state index contributed by atoms with van der Waals surface area (Å²) in [5.41, 5.74) is -0.0271. The SMILES string of the molecule is COCc1ncc(C=O)n1S(=O)(=O)N(C)C. The van der Waals surface area contributed by atoms with Gasteiger partial charge < -0.3 is 4.74 Å². The highest BCUT2D eigenvalue weighted by molar-refractivity contribution is 7.87. The van der Waals surface area contributed by atoms with Crippen LogP contribution in [0.15, 0.2) is 6.20 Å². The van der Waals surface area contributed by atoms with Gasteiger partial charge in [-0.15, -0.1) is 0 Å². The second kappa shape index (κ2) is 4.73. The van der Waals surface area contributed by atoms with Gasteiger partial charge in [-0.05, 0) is 0 Å². The van der Waals surface area contributed by atoms with Gasteiger partial charge in [0.25, 0.3) is 0 Å². The van der Waals surface area contributed by atoms with E-state index in [1.54, 1.807) is 0 Å². The Morgan fingerprint density at radius 1 is 1.56 bits per heavy atom. The monoisotopic (exact) mass is 247 g/mol. The Kier molecular flexibility index (Phi) is 3.79. The Morgan fingerprint density at radius 3 is 2.62 bits per heavy atom. The number of ether oxygens (including phenoxy) is 1. The van der Waals surface area contributed by atoms with E-state index >= 15 is 0 Å². The van der Waals surface area contributed by atoms with Crippen LogP contribution in [0.2, 0.25) is 0 Å². The zero-order chi connectivity index (χ0) is 12.3. The fourth-order valence-electron chi connectivity index (χ4n) is 1.13. The molecule has 0 bridgehead atoms. The number of hydrogen-bond acceptors (Lipinski definition) is 5. The third-order valence-electron chi connectivity index (χ3n) is 1.90. The van der Waals surface area contributed by atoms with Crippen molar-refractivity contribution in [3.05, 3.63) is 17.7 Å². The molecule has 0 aliphatic heterocycles. The summed E-state index contributed by atoms with van der Waals surface area (Å²) >= 11 is 0. The minimum absolute atomic E-state index is 0.0148. The first-order valence-corrected chi connectivity index (χ1v) is 5.78. The average Bonchev–Trinajstić information content (AvgIpc) is 2.61. The molecule has 0 amide bonds.